The monoisotopic (exact) mass is 212 g/mol. The quantitative estimate of drug-likeness (QED) is 0.744. The Kier molecular flexibility index (Phi) is 3.47. The van der Waals surface area contributed by atoms with E-state index in [1.165, 1.54) is 7.11 Å². The number of hydrogen-bond acceptors (Lipinski definition) is 4. The molecule has 0 amide bonds. The van der Waals surface area contributed by atoms with Crippen molar-refractivity contribution >= 4 is 5.97 Å². The molecule has 0 fully saturated rings. The van der Waals surface area contributed by atoms with E-state index in [2.05, 4.69) is 9.84 Å². The van der Waals surface area contributed by atoms with Gasteiger partial charge in [0, 0.05) is 18.8 Å². The summed E-state index contributed by atoms with van der Waals surface area (Å²) in [6.07, 6.45) is 0.838. The lowest BCUT2D eigenvalue weighted by atomic mass is 9.98. The zero-order valence-corrected chi connectivity index (χ0v) is 9.39. The van der Waals surface area contributed by atoms with Gasteiger partial charge < -0.3 is 9.84 Å². The van der Waals surface area contributed by atoms with E-state index in [9.17, 15) is 9.90 Å². The van der Waals surface area contributed by atoms with E-state index in [-0.39, 0.29) is 0 Å². The predicted octanol–water partition coefficient (Wildman–Crippen LogP) is 0.571. The fourth-order valence-corrected chi connectivity index (χ4v) is 1.49. The van der Waals surface area contributed by atoms with Gasteiger partial charge in [-0.25, -0.2) is 0 Å². The number of hydrogen-bond donors (Lipinski definition) is 1. The molecule has 5 nitrogen and oxygen atoms in total. The molecule has 1 aromatic heterocycles. The molecule has 0 aliphatic carbocycles. The van der Waals surface area contributed by atoms with Gasteiger partial charge in [0.25, 0.3) is 0 Å². The van der Waals surface area contributed by atoms with Crippen LogP contribution in [-0.4, -0.2) is 28.0 Å². The van der Waals surface area contributed by atoms with Gasteiger partial charge in [0.05, 0.1) is 24.8 Å². The summed E-state index contributed by atoms with van der Waals surface area (Å²) >= 11 is 0. The first-order valence-electron chi connectivity index (χ1n) is 4.73. The van der Waals surface area contributed by atoms with Crippen molar-refractivity contribution in [1.29, 1.82) is 0 Å². The van der Waals surface area contributed by atoms with Crippen molar-refractivity contribution in [3.8, 4) is 0 Å². The van der Waals surface area contributed by atoms with Gasteiger partial charge in [-0.05, 0) is 13.8 Å². The van der Waals surface area contributed by atoms with Crippen LogP contribution in [0.4, 0.5) is 0 Å². The van der Waals surface area contributed by atoms with Gasteiger partial charge in [-0.2, -0.15) is 5.10 Å². The molecule has 0 saturated carbocycles. The van der Waals surface area contributed by atoms with Gasteiger partial charge in [-0.3, -0.25) is 9.48 Å². The van der Waals surface area contributed by atoms with E-state index in [1.807, 2.05) is 0 Å². The predicted molar refractivity (Wildman–Crippen MR) is 54.1 cm³/mol. The van der Waals surface area contributed by atoms with Gasteiger partial charge >= 0.3 is 5.97 Å². The Morgan fingerprint density at radius 3 is 2.67 bits per heavy atom. The lowest BCUT2D eigenvalue weighted by Gasteiger charge is -2.15. The summed E-state index contributed by atoms with van der Waals surface area (Å²) < 4.78 is 6.18. The summed E-state index contributed by atoms with van der Waals surface area (Å²) in [6, 6.07) is 0. The highest BCUT2D eigenvalue weighted by Crippen LogP contribution is 2.24. The highest BCUT2D eigenvalue weighted by atomic mass is 16.5. The lowest BCUT2D eigenvalue weighted by Crippen LogP contribution is -2.20. The van der Waals surface area contributed by atoms with E-state index in [4.69, 9.17) is 0 Å². The third-order valence-electron chi connectivity index (χ3n) is 2.42. The van der Waals surface area contributed by atoms with Gasteiger partial charge in [0.1, 0.15) is 0 Å². The number of methoxy groups -OCH3 is 1. The van der Waals surface area contributed by atoms with Crippen LogP contribution in [0.3, 0.4) is 0 Å². The number of aliphatic hydroxyl groups is 1. The highest BCUT2D eigenvalue weighted by molar-refractivity contribution is 5.72. The Hall–Kier alpha value is -1.36. The van der Waals surface area contributed by atoms with Crippen molar-refractivity contribution < 1.29 is 14.6 Å². The maximum atomic E-state index is 11.2. The van der Waals surface area contributed by atoms with Crippen LogP contribution >= 0.6 is 0 Å². The maximum Gasteiger partial charge on any atom is 0.311 e. The number of aliphatic hydroxyl groups excluding tert-OH is 1. The number of aryl methyl sites for hydroxylation is 2. The van der Waals surface area contributed by atoms with Gasteiger partial charge in [-0.1, -0.05) is 0 Å². The third-order valence-corrected chi connectivity index (χ3v) is 2.42. The largest absolute Gasteiger partial charge is 0.469 e. The van der Waals surface area contributed by atoms with Crippen molar-refractivity contribution in [2.24, 2.45) is 13.0 Å². The van der Waals surface area contributed by atoms with E-state index in [0.29, 0.717) is 5.56 Å². The smallest absolute Gasteiger partial charge is 0.311 e. The Morgan fingerprint density at radius 1 is 1.67 bits per heavy atom. The molecule has 0 bridgehead atoms. The number of rotatable bonds is 3. The molecule has 15 heavy (non-hydrogen) atoms. The zero-order valence-electron chi connectivity index (χ0n) is 9.39. The fraction of sp³-hybridized carbons (Fsp3) is 0.600. The molecular weight excluding hydrogens is 196 g/mol. The van der Waals surface area contributed by atoms with E-state index in [0.717, 1.165) is 5.69 Å². The van der Waals surface area contributed by atoms with Crippen LogP contribution in [0.1, 0.15) is 24.3 Å². The van der Waals surface area contributed by atoms with Crippen LogP contribution in [-0.2, 0) is 16.6 Å². The molecule has 0 aliphatic heterocycles. The van der Waals surface area contributed by atoms with Crippen LogP contribution in [0, 0.1) is 12.8 Å². The first-order chi connectivity index (χ1) is 6.97. The normalized spacial score (nSPS) is 14.7. The third kappa shape index (κ3) is 2.36. The van der Waals surface area contributed by atoms with Gasteiger partial charge in [-0.15, -0.1) is 0 Å². The molecule has 2 unspecified atom stereocenters. The minimum absolute atomic E-state index is 0.425. The molecule has 2 atom stereocenters. The van der Waals surface area contributed by atoms with Crippen LogP contribution in [0.15, 0.2) is 6.20 Å². The second-order valence-corrected chi connectivity index (χ2v) is 3.60. The van der Waals surface area contributed by atoms with Gasteiger partial charge in [0.15, 0.2) is 0 Å². The molecule has 0 radical (unpaired) electrons. The van der Waals surface area contributed by atoms with Crippen molar-refractivity contribution in [3.63, 3.8) is 0 Å². The number of esters is 1. The van der Waals surface area contributed by atoms with Gasteiger partial charge in [0.2, 0.25) is 0 Å². The number of aromatic nitrogens is 2. The average molecular weight is 212 g/mol. The minimum atomic E-state index is -0.869. The minimum Gasteiger partial charge on any atom is -0.469 e. The molecule has 0 spiro atoms. The summed E-state index contributed by atoms with van der Waals surface area (Å²) in [4.78, 5) is 11.2. The Labute approximate surface area is 88.7 Å². The molecule has 1 aromatic rings. The van der Waals surface area contributed by atoms with Crippen molar-refractivity contribution in [3.05, 3.63) is 17.5 Å². The summed E-state index contributed by atoms with van der Waals surface area (Å²) in [5, 5.41) is 14.0. The summed E-state index contributed by atoms with van der Waals surface area (Å²) in [5.41, 5.74) is 1.39. The zero-order chi connectivity index (χ0) is 11.6. The maximum absolute atomic E-state index is 11.2. The summed E-state index contributed by atoms with van der Waals surface area (Å²) in [7, 11) is 3.08. The Morgan fingerprint density at radius 2 is 2.27 bits per heavy atom. The molecule has 5 heteroatoms. The number of carbonyl (C=O) groups is 1. The van der Waals surface area contributed by atoms with Crippen molar-refractivity contribution in [2.45, 2.75) is 20.0 Å². The molecule has 1 heterocycles. The highest BCUT2D eigenvalue weighted by Gasteiger charge is 2.26. The molecule has 0 aliphatic rings. The van der Waals surface area contributed by atoms with E-state index < -0.39 is 18.0 Å². The van der Waals surface area contributed by atoms with Crippen LogP contribution in [0.5, 0.6) is 0 Å². The first kappa shape index (κ1) is 11.7. The molecule has 0 saturated heterocycles. The Bertz CT molecular complexity index is 360. The molecule has 0 aromatic carbocycles. The Balaban J connectivity index is 2.89. The van der Waals surface area contributed by atoms with Crippen LogP contribution in [0.2, 0.25) is 0 Å². The average Bonchev–Trinajstić information content (AvgIpc) is 2.54. The first-order valence-corrected chi connectivity index (χ1v) is 4.73. The molecule has 1 rings (SSSR count). The number of carbonyl (C=O) groups excluding carboxylic acids is 1. The second-order valence-electron chi connectivity index (χ2n) is 3.60. The lowest BCUT2D eigenvalue weighted by molar-refractivity contribution is -0.148. The fourth-order valence-electron chi connectivity index (χ4n) is 1.49. The van der Waals surface area contributed by atoms with E-state index >= 15 is 0 Å². The van der Waals surface area contributed by atoms with E-state index in [1.54, 1.807) is 31.8 Å². The SMILES string of the molecule is COC(=O)C(C)C(O)c1cn(C)nc1C. The molecule has 1 N–H and O–H groups in total. The standard InChI is InChI=1S/C10H16N2O3/c1-6(10(14)15-4)9(13)8-5-12(3)11-7(8)2/h5-6,9,13H,1-4H3. The van der Waals surface area contributed by atoms with Crippen molar-refractivity contribution in [2.75, 3.05) is 7.11 Å². The van der Waals surface area contributed by atoms with Crippen LogP contribution in [0.25, 0.3) is 0 Å². The molecular formula is C10H16N2O3. The summed E-state index contributed by atoms with van der Waals surface area (Å²) in [5.74, 6) is -1.01. The number of nitrogens with zero attached hydrogens (tertiary/aromatic N) is 2. The topological polar surface area (TPSA) is 64.3 Å². The number of ether oxygens (including phenoxy) is 1. The van der Waals surface area contributed by atoms with Crippen LogP contribution < -0.4 is 0 Å². The summed E-state index contributed by atoms with van der Waals surface area (Å²) in [6.45, 7) is 3.42. The van der Waals surface area contributed by atoms with Crippen molar-refractivity contribution in [1.82, 2.24) is 9.78 Å². The molecule has 84 valence electrons. The second kappa shape index (κ2) is 4.44.